The van der Waals surface area contributed by atoms with Gasteiger partial charge in [0.15, 0.2) is 18.1 Å². The Bertz CT molecular complexity index is 1190. The number of aryl methyl sites for hydroxylation is 2. The van der Waals surface area contributed by atoms with Gasteiger partial charge in [0.1, 0.15) is 30.3 Å². The summed E-state index contributed by atoms with van der Waals surface area (Å²) in [6.45, 7) is 4.65. The van der Waals surface area contributed by atoms with Gasteiger partial charge in [0.05, 0.1) is 18.1 Å². The van der Waals surface area contributed by atoms with Crippen LogP contribution in [-0.4, -0.2) is 32.9 Å². The Labute approximate surface area is 179 Å². The molecule has 162 valence electrons. The van der Waals surface area contributed by atoms with Crippen LogP contribution in [0.4, 0.5) is 0 Å². The van der Waals surface area contributed by atoms with Gasteiger partial charge in [0.2, 0.25) is 5.43 Å². The lowest BCUT2D eigenvalue weighted by Gasteiger charge is -2.19. The van der Waals surface area contributed by atoms with E-state index in [0.717, 1.165) is 11.1 Å². The van der Waals surface area contributed by atoms with Gasteiger partial charge in [-0.3, -0.25) is 4.79 Å². The number of rotatable bonds is 6. The Balaban J connectivity index is 1.85. The molecule has 0 N–H and O–H groups in total. The lowest BCUT2D eigenvalue weighted by Crippen LogP contribution is -2.16. The van der Waals surface area contributed by atoms with Crippen LogP contribution in [0.2, 0.25) is 0 Å². The Kier molecular flexibility index (Phi) is 5.84. The third-order valence-corrected chi connectivity index (χ3v) is 5.25. The van der Waals surface area contributed by atoms with Crippen LogP contribution < -0.4 is 19.6 Å². The summed E-state index contributed by atoms with van der Waals surface area (Å²) in [7, 11) is 1.30. The summed E-state index contributed by atoms with van der Waals surface area (Å²) in [5.41, 5.74) is 2.34. The second-order valence-corrected chi connectivity index (χ2v) is 7.12. The number of carbonyl (C=O) groups excluding carboxylic acids is 1. The first-order valence-electron chi connectivity index (χ1n) is 10.3. The quantitative estimate of drug-likeness (QED) is 0.555. The van der Waals surface area contributed by atoms with Crippen LogP contribution in [0.1, 0.15) is 25.2 Å². The fraction of sp³-hybridized carbons (Fsp3) is 0.333. The third-order valence-electron chi connectivity index (χ3n) is 5.25. The van der Waals surface area contributed by atoms with Gasteiger partial charge in [0, 0.05) is 12.5 Å². The molecule has 4 rings (SSSR count). The van der Waals surface area contributed by atoms with Crippen molar-refractivity contribution in [3.05, 3.63) is 51.9 Å². The molecule has 2 aromatic carbocycles. The highest BCUT2D eigenvalue weighted by Crippen LogP contribution is 2.36. The average molecular weight is 424 g/mol. The van der Waals surface area contributed by atoms with Crippen molar-refractivity contribution in [1.29, 1.82) is 0 Å². The summed E-state index contributed by atoms with van der Waals surface area (Å²) in [4.78, 5) is 25.0. The molecule has 7 nitrogen and oxygen atoms in total. The fourth-order valence-electron chi connectivity index (χ4n) is 3.66. The van der Waals surface area contributed by atoms with Gasteiger partial charge in [0.25, 0.3) is 0 Å². The molecule has 0 atom stereocenters. The van der Waals surface area contributed by atoms with Crippen LogP contribution >= 0.6 is 0 Å². The van der Waals surface area contributed by atoms with E-state index in [1.54, 1.807) is 12.1 Å². The Morgan fingerprint density at radius 1 is 1.03 bits per heavy atom. The van der Waals surface area contributed by atoms with Crippen molar-refractivity contribution in [2.45, 2.75) is 26.7 Å². The SMILES string of the molecule is CCc1cc2c(=O)c(-c3ccc4c(c3)OCCO4)c(CC)oc2cc1OCC(=O)OC. The van der Waals surface area contributed by atoms with E-state index in [2.05, 4.69) is 4.74 Å². The van der Waals surface area contributed by atoms with Crippen molar-refractivity contribution >= 4 is 16.9 Å². The zero-order valence-corrected chi connectivity index (χ0v) is 17.8. The number of esters is 1. The number of benzene rings is 2. The molecule has 31 heavy (non-hydrogen) atoms. The molecule has 0 aliphatic carbocycles. The van der Waals surface area contributed by atoms with E-state index in [-0.39, 0.29) is 12.0 Å². The molecule has 0 bridgehead atoms. The Hall–Kier alpha value is -3.48. The molecule has 1 aliphatic rings. The second kappa shape index (κ2) is 8.71. The Morgan fingerprint density at radius 2 is 1.81 bits per heavy atom. The maximum absolute atomic E-state index is 13.5. The first kappa shape index (κ1) is 20.8. The van der Waals surface area contributed by atoms with E-state index in [0.29, 0.717) is 65.6 Å². The molecule has 7 heteroatoms. The third kappa shape index (κ3) is 3.95. The summed E-state index contributed by atoms with van der Waals surface area (Å²) in [5, 5.41) is 0.462. The second-order valence-electron chi connectivity index (χ2n) is 7.12. The highest BCUT2D eigenvalue weighted by molar-refractivity contribution is 5.85. The predicted octanol–water partition coefficient (Wildman–Crippen LogP) is 3.91. The molecule has 1 aromatic heterocycles. The monoisotopic (exact) mass is 424 g/mol. The Morgan fingerprint density at radius 3 is 2.52 bits per heavy atom. The minimum absolute atomic E-state index is 0.121. The molecule has 0 spiro atoms. The van der Waals surface area contributed by atoms with Crippen LogP contribution in [-0.2, 0) is 22.4 Å². The van der Waals surface area contributed by atoms with E-state index in [4.69, 9.17) is 18.6 Å². The van der Waals surface area contributed by atoms with Crippen molar-refractivity contribution in [3.63, 3.8) is 0 Å². The van der Waals surface area contributed by atoms with Gasteiger partial charge < -0.3 is 23.4 Å². The lowest BCUT2D eigenvalue weighted by atomic mass is 9.99. The number of ether oxygens (including phenoxy) is 4. The largest absolute Gasteiger partial charge is 0.486 e. The van der Waals surface area contributed by atoms with E-state index in [1.165, 1.54) is 7.11 Å². The normalized spacial score (nSPS) is 12.6. The molecule has 0 amide bonds. The van der Waals surface area contributed by atoms with Crippen molar-refractivity contribution < 1.29 is 28.2 Å². The van der Waals surface area contributed by atoms with Gasteiger partial charge in [-0.05, 0) is 35.7 Å². The number of hydrogen-bond acceptors (Lipinski definition) is 7. The smallest absolute Gasteiger partial charge is 0.343 e. The molecule has 0 radical (unpaired) electrons. The molecule has 0 fully saturated rings. The van der Waals surface area contributed by atoms with Gasteiger partial charge in [-0.15, -0.1) is 0 Å². The summed E-state index contributed by atoms with van der Waals surface area (Å²) in [6.07, 6.45) is 1.16. The summed E-state index contributed by atoms with van der Waals surface area (Å²) in [5.74, 6) is 1.87. The van der Waals surface area contributed by atoms with Crippen LogP contribution in [0.3, 0.4) is 0 Å². The van der Waals surface area contributed by atoms with E-state index in [1.807, 2.05) is 32.0 Å². The van der Waals surface area contributed by atoms with Crippen molar-refractivity contribution in [2.24, 2.45) is 0 Å². The van der Waals surface area contributed by atoms with E-state index >= 15 is 0 Å². The zero-order valence-electron chi connectivity index (χ0n) is 17.8. The number of methoxy groups -OCH3 is 1. The molecule has 0 saturated heterocycles. The molecule has 1 aliphatic heterocycles. The number of hydrogen-bond donors (Lipinski definition) is 0. The minimum atomic E-state index is -0.480. The van der Waals surface area contributed by atoms with E-state index in [9.17, 15) is 9.59 Å². The standard InChI is InChI=1S/C24H24O7/c1-4-14-10-16-20(12-19(14)30-13-22(25)27-3)31-17(5-2)23(24(16)26)15-6-7-18-21(11-15)29-9-8-28-18/h6-7,10-12H,4-5,8-9,13H2,1-3H3. The first-order valence-corrected chi connectivity index (χ1v) is 10.3. The minimum Gasteiger partial charge on any atom is -0.486 e. The fourth-order valence-corrected chi connectivity index (χ4v) is 3.66. The maximum Gasteiger partial charge on any atom is 0.343 e. The molecular formula is C24H24O7. The number of carbonyl (C=O) groups is 1. The zero-order chi connectivity index (χ0) is 22.0. The van der Waals surface area contributed by atoms with Gasteiger partial charge in [-0.2, -0.15) is 0 Å². The average Bonchev–Trinajstić information content (AvgIpc) is 2.81. The highest BCUT2D eigenvalue weighted by atomic mass is 16.6. The van der Waals surface area contributed by atoms with Gasteiger partial charge in [-0.1, -0.05) is 19.9 Å². The van der Waals surface area contributed by atoms with Crippen LogP contribution in [0.25, 0.3) is 22.1 Å². The highest BCUT2D eigenvalue weighted by Gasteiger charge is 2.20. The van der Waals surface area contributed by atoms with Crippen LogP contribution in [0.5, 0.6) is 17.2 Å². The van der Waals surface area contributed by atoms with Crippen molar-refractivity contribution in [1.82, 2.24) is 0 Å². The van der Waals surface area contributed by atoms with Crippen molar-refractivity contribution in [2.75, 3.05) is 26.9 Å². The summed E-state index contributed by atoms with van der Waals surface area (Å²) < 4.78 is 27.6. The topological polar surface area (TPSA) is 84.2 Å². The molecule has 3 aromatic rings. The van der Waals surface area contributed by atoms with Gasteiger partial charge in [-0.25, -0.2) is 4.79 Å². The van der Waals surface area contributed by atoms with Gasteiger partial charge >= 0.3 is 5.97 Å². The first-order chi connectivity index (χ1) is 15.0. The summed E-state index contributed by atoms with van der Waals surface area (Å²) in [6, 6.07) is 8.92. The molecular weight excluding hydrogens is 400 g/mol. The van der Waals surface area contributed by atoms with Crippen LogP contribution in [0.15, 0.2) is 39.5 Å². The predicted molar refractivity (Wildman–Crippen MR) is 115 cm³/mol. The maximum atomic E-state index is 13.5. The molecule has 2 heterocycles. The van der Waals surface area contributed by atoms with Crippen LogP contribution in [0, 0.1) is 0 Å². The van der Waals surface area contributed by atoms with E-state index < -0.39 is 5.97 Å². The molecule has 0 unspecified atom stereocenters. The van der Waals surface area contributed by atoms with Crippen molar-refractivity contribution in [3.8, 4) is 28.4 Å². The lowest BCUT2D eigenvalue weighted by molar-refractivity contribution is -0.142. The summed E-state index contributed by atoms with van der Waals surface area (Å²) >= 11 is 0. The molecule has 0 saturated carbocycles. The number of fused-ring (bicyclic) bond motifs is 2.